The van der Waals surface area contributed by atoms with E-state index >= 15 is 0 Å². The molecule has 0 spiro atoms. The van der Waals surface area contributed by atoms with Gasteiger partial charge in [-0.05, 0) is 54.8 Å². The van der Waals surface area contributed by atoms with Gasteiger partial charge in [0.1, 0.15) is 0 Å². The Labute approximate surface area is 165 Å². The van der Waals surface area contributed by atoms with E-state index in [2.05, 4.69) is 10.6 Å². The van der Waals surface area contributed by atoms with Gasteiger partial charge in [0, 0.05) is 10.6 Å². The summed E-state index contributed by atoms with van der Waals surface area (Å²) in [5.74, 6) is -1.20. The molecule has 8 heteroatoms. The number of hydrogen-bond donors (Lipinski definition) is 2. The van der Waals surface area contributed by atoms with Crippen LogP contribution < -0.4 is 10.6 Å². The van der Waals surface area contributed by atoms with E-state index in [1.54, 1.807) is 24.3 Å². The highest BCUT2D eigenvalue weighted by molar-refractivity contribution is 7.09. The van der Waals surface area contributed by atoms with Gasteiger partial charge in [0.25, 0.3) is 11.8 Å². The molecule has 3 aromatic rings. The van der Waals surface area contributed by atoms with Crippen molar-refractivity contribution in [3.05, 3.63) is 76.4 Å². The van der Waals surface area contributed by atoms with Crippen LogP contribution in [0.4, 0.5) is 5.69 Å². The van der Waals surface area contributed by atoms with Crippen LogP contribution in [0.3, 0.4) is 0 Å². The van der Waals surface area contributed by atoms with Crippen molar-refractivity contribution in [2.45, 2.75) is 19.6 Å². The molecule has 28 heavy (non-hydrogen) atoms. The lowest BCUT2D eigenvalue weighted by molar-refractivity contribution is -0.129. The number of nitrogens with one attached hydrogen (secondary N) is 2. The van der Waals surface area contributed by atoms with Crippen molar-refractivity contribution in [1.82, 2.24) is 5.32 Å². The number of esters is 1. The van der Waals surface area contributed by atoms with Gasteiger partial charge in [0.15, 0.2) is 11.9 Å². The third-order valence-corrected chi connectivity index (χ3v) is 4.67. The average molecular weight is 398 g/mol. The molecule has 144 valence electrons. The Morgan fingerprint density at radius 3 is 2.54 bits per heavy atom. The van der Waals surface area contributed by atoms with E-state index in [0.717, 1.165) is 4.88 Å². The van der Waals surface area contributed by atoms with E-state index in [9.17, 15) is 14.4 Å². The van der Waals surface area contributed by atoms with Crippen molar-refractivity contribution in [3.63, 3.8) is 0 Å². The molecule has 2 aromatic heterocycles. The zero-order chi connectivity index (χ0) is 19.9. The molecule has 0 aliphatic carbocycles. The summed E-state index contributed by atoms with van der Waals surface area (Å²) in [5.41, 5.74) is 0.772. The highest BCUT2D eigenvalue weighted by Crippen LogP contribution is 2.13. The third-order valence-electron chi connectivity index (χ3n) is 3.79. The number of thiophene rings is 1. The lowest BCUT2D eigenvalue weighted by Crippen LogP contribution is -2.35. The van der Waals surface area contributed by atoms with E-state index < -0.39 is 18.0 Å². The number of carbonyl (C=O) groups excluding carboxylic acids is 3. The first-order chi connectivity index (χ1) is 13.5. The van der Waals surface area contributed by atoms with Crippen molar-refractivity contribution in [1.29, 1.82) is 0 Å². The maximum absolute atomic E-state index is 12.2. The second-order valence-electron chi connectivity index (χ2n) is 5.85. The number of ether oxygens (including phenoxy) is 1. The number of rotatable bonds is 7. The molecule has 2 heterocycles. The minimum absolute atomic E-state index is 0.186. The van der Waals surface area contributed by atoms with Crippen LogP contribution in [0.25, 0.3) is 0 Å². The highest BCUT2D eigenvalue weighted by atomic mass is 32.1. The molecule has 0 fully saturated rings. The normalized spacial score (nSPS) is 11.5. The molecular weight excluding hydrogens is 380 g/mol. The lowest BCUT2D eigenvalue weighted by Gasteiger charge is -2.13. The quantitative estimate of drug-likeness (QED) is 0.594. The number of benzene rings is 1. The maximum atomic E-state index is 12.2. The van der Waals surface area contributed by atoms with Gasteiger partial charge >= 0.3 is 5.97 Å². The van der Waals surface area contributed by atoms with E-state index in [0.29, 0.717) is 12.2 Å². The first-order valence-electron chi connectivity index (χ1n) is 8.49. The van der Waals surface area contributed by atoms with Gasteiger partial charge in [-0.2, -0.15) is 0 Å². The molecule has 0 aliphatic heterocycles. The van der Waals surface area contributed by atoms with Crippen LogP contribution in [0, 0.1) is 0 Å². The van der Waals surface area contributed by atoms with Crippen LogP contribution in [0.1, 0.15) is 32.7 Å². The minimum Gasteiger partial charge on any atom is -0.459 e. The van der Waals surface area contributed by atoms with Gasteiger partial charge in [0.05, 0.1) is 18.4 Å². The fraction of sp³-hybridized carbons (Fsp3) is 0.150. The number of hydrogen-bond acceptors (Lipinski definition) is 6. The van der Waals surface area contributed by atoms with Crippen LogP contribution in [0.5, 0.6) is 0 Å². The number of carbonyl (C=O) groups is 3. The Morgan fingerprint density at radius 2 is 1.89 bits per heavy atom. The molecule has 0 bridgehead atoms. The van der Waals surface area contributed by atoms with E-state index in [4.69, 9.17) is 9.15 Å². The van der Waals surface area contributed by atoms with Gasteiger partial charge in [-0.1, -0.05) is 6.07 Å². The van der Waals surface area contributed by atoms with E-state index in [1.165, 1.54) is 36.7 Å². The Kier molecular flexibility index (Phi) is 6.23. The Morgan fingerprint density at radius 1 is 1.11 bits per heavy atom. The smallest absolute Gasteiger partial charge is 0.338 e. The summed E-state index contributed by atoms with van der Waals surface area (Å²) in [5, 5.41) is 7.30. The monoisotopic (exact) mass is 398 g/mol. The SMILES string of the molecule is CC(OC(=O)c1ccc(NC(=O)c2ccco2)cc1)C(=O)NCc1cccs1. The predicted octanol–water partition coefficient (Wildman–Crippen LogP) is 3.46. The topological polar surface area (TPSA) is 97.6 Å². The second-order valence-corrected chi connectivity index (χ2v) is 6.89. The van der Waals surface area contributed by atoms with Crippen molar-refractivity contribution in [3.8, 4) is 0 Å². The Bertz CT molecular complexity index is 934. The van der Waals surface area contributed by atoms with Crippen LogP contribution in [-0.2, 0) is 16.1 Å². The van der Waals surface area contributed by atoms with Crippen LogP contribution in [-0.4, -0.2) is 23.9 Å². The Balaban J connectivity index is 1.50. The molecule has 1 atom stereocenters. The molecule has 2 N–H and O–H groups in total. The third kappa shape index (κ3) is 5.08. The summed E-state index contributed by atoms with van der Waals surface area (Å²) in [6.07, 6.45) is 0.483. The summed E-state index contributed by atoms with van der Waals surface area (Å²) in [4.78, 5) is 37.2. The lowest BCUT2D eigenvalue weighted by atomic mass is 10.2. The zero-order valence-corrected chi connectivity index (χ0v) is 15.8. The molecule has 3 rings (SSSR count). The summed E-state index contributed by atoms with van der Waals surface area (Å²) in [6, 6.07) is 13.1. The molecule has 7 nitrogen and oxygen atoms in total. The molecule has 1 unspecified atom stereocenters. The Hall–Kier alpha value is -3.39. The standard InChI is InChI=1S/C20H18N2O5S/c1-13(18(23)21-12-16-4-3-11-28-16)27-20(25)14-6-8-15(9-7-14)22-19(24)17-5-2-10-26-17/h2-11,13H,12H2,1H3,(H,21,23)(H,22,24). The van der Waals surface area contributed by atoms with Gasteiger partial charge < -0.3 is 19.8 Å². The number of furan rings is 1. The summed E-state index contributed by atoms with van der Waals surface area (Å²) in [6.45, 7) is 1.90. The molecule has 1 aromatic carbocycles. The molecule has 0 saturated heterocycles. The fourth-order valence-corrected chi connectivity index (χ4v) is 2.95. The van der Waals surface area contributed by atoms with Gasteiger partial charge in [-0.25, -0.2) is 4.79 Å². The van der Waals surface area contributed by atoms with Crippen molar-refractivity contribution in [2.24, 2.45) is 0 Å². The molecule has 2 amide bonds. The molecule has 0 radical (unpaired) electrons. The second kappa shape index (κ2) is 9.01. The number of anilines is 1. The van der Waals surface area contributed by atoms with Gasteiger partial charge in [0.2, 0.25) is 0 Å². The van der Waals surface area contributed by atoms with Crippen LogP contribution >= 0.6 is 11.3 Å². The van der Waals surface area contributed by atoms with Gasteiger partial charge in [-0.15, -0.1) is 11.3 Å². The molecule has 0 saturated carbocycles. The summed E-state index contributed by atoms with van der Waals surface area (Å²) >= 11 is 1.53. The highest BCUT2D eigenvalue weighted by Gasteiger charge is 2.19. The van der Waals surface area contributed by atoms with Gasteiger partial charge in [-0.3, -0.25) is 9.59 Å². The molecule has 0 aliphatic rings. The van der Waals surface area contributed by atoms with E-state index in [1.807, 2.05) is 17.5 Å². The van der Waals surface area contributed by atoms with Crippen molar-refractivity contribution in [2.75, 3.05) is 5.32 Å². The minimum atomic E-state index is -0.925. The van der Waals surface area contributed by atoms with E-state index in [-0.39, 0.29) is 17.2 Å². The van der Waals surface area contributed by atoms with Crippen LogP contribution in [0.15, 0.2) is 64.6 Å². The maximum Gasteiger partial charge on any atom is 0.338 e. The zero-order valence-electron chi connectivity index (χ0n) is 15.0. The van der Waals surface area contributed by atoms with Crippen LogP contribution in [0.2, 0.25) is 0 Å². The molecular formula is C20H18N2O5S. The average Bonchev–Trinajstić information content (AvgIpc) is 3.40. The number of amides is 2. The first kappa shape index (κ1) is 19.4. The van der Waals surface area contributed by atoms with Crippen molar-refractivity contribution >= 4 is 34.8 Å². The summed E-state index contributed by atoms with van der Waals surface area (Å²) in [7, 11) is 0. The predicted molar refractivity (Wildman–Crippen MR) is 104 cm³/mol. The first-order valence-corrected chi connectivity index (χ1v) is 9.37. The summed E-state index contributed by atoms with van der Waals surface area (Å²) < 4.78 is 10.2. The van der Waals surface area contributed by atoms with Crippen molar-refractivity contribution < 1.29 is 23.5 Å². The largest absolute Gasteiger partial charge is 0.459 e. The fourth-order valence-electron chi connectivity index (χ4n) is 2.30.